The van der Waals surface area contributed by atoms with Gasteiger partial charge in [0, 0.05) is 10.2 Å². The number of carbonyl (C=O) groups excluding carboxylic acids is 1. The van der Waals surface area contributed by atoms with Crippen LogP contribution in [0.2, 0.25) is 0 Å². The Hall–Kier alpha value is -2.85. The summed E-state index contributed by atoms with van der Waals surface area (Å²) in [5.41, 5.74) is 6.27. The van der Waals surface area contributed by atoms with Gasteiger partial charge in [0.1, 0.15) is 5.75 Å². The van der Waals surface area contributed by atoms with E-state index in [1.165, 1.54) is 16.7 Å². The molecule has 140 valence electrons. The van der Waals surface area contributed by atoms with Crippen LogP contribution in [0.1, 0.15) is 27.9 Å². The van der Waals surface area contributed by atoms with Crippen LogP contribution in [0.3, 0.4) is 0 Å². The summed E-state index contributed by atoms with van der Waals surface area (Å²) in [7, 11) is 1.56. The molecule has 4 heteroatoms. The Morgan fingerprint density at radius 3 is 2.61 bits per heavy atom. The van der Waals surface area contributed by atoms with Gasteiger partial charge < -0.3 is 10.1 Å². The number of benzene rings is 3. The van der Waals surface area contributed by atoms with Crippen LogP contribution < -0.4 is 10.1 Å². The molecule has 3 aromatic carbocycles. The Labute approximate surface area is 173 Å². The van der Waals surface area contributed by atoms with Crippen LogP contribution in [0.15, 0.2) is 71.2 Å². The standard InChI is InChI=1S/C24H20BrNO2/c1-28-22-11-5-10-21(25)23(22)24(27)26-18-14-12-17(13-15-18)20-9-4-7-16-6-2-3-8-19(16)20/h3-5,7-15H,2,6H2,1H3,(H,26,27). The third-order valence-corrected chi connectivity index (χ3v) is 5.60. The van der Waals surface area contributed by atoms with Crippen molar-refractivity contribution in [3.8, 4) is 16.9 Å². The van der Waals surface area contributed by atoms with Crippen LogP contribution in [0.25, 0.3) is 17.2 Å². The molecule has 0 aliphatic heterocycles. The van der Waals surface area contributed by atoms with E-state index in [9.17, 15) is 4.79 Å². The number of anilines is 1. The van der Waals surface area contributed by atoms with Gasteiger partial charge in [-0.15, -0.1) is 0 Å². The first-order valence-corrected chi connectivity index (χ1v) is 9.99. The summed E-state index contributed by atoms with van der Waals surface area (Å²) >= 11 is 3.43. The minimum absolute atomic E-state index is 0.211. The van der Waals surface area contributed by atoms with Gasteiger partial charge in [-0.25, -0.2) is 0 Å². The molecule has 0 saturated heterocycles. The first-order chi connectivity index (χ1) is 13.7. The van der Waals surface area contributed by atoms with Gasteiger partial charge in [0.15, 0.2) is 0 Å². The number of aryl methyl sites for hydroxylation is 1. The van der Waals surface area contributed by atoms with Gasteiger partial charge in [-0.1, -0.05) is 48.6 Å². The van der Waals surface area contributed by atoms with E-state index in [4.69, 9.17) is 4.74 Å². The van der Waals surface area contributed by atoms with Crippen molar-refractivity contribution < 1.29 is 9.53 Å². The summed E-state index contributed by atoms with van der Waals surface area (Å²) in [4.78, 5) is 12.7. The Balaban J connectivity index is 1.59. The van der Waals surface area contributed by atoms with Gasteiger partial charge in [-0.2, -0.15) is 0 Å². The molecule has 0 unspecified atom stereocenters. The van der Waals surface area contributed by atoms with Crippen LogP contribution in [0, 0.1) is 0 Å². The second kappa shape index (κ2) is 8.03. The fourth-order valence-corrected chi connectivity index (χ4v) is 4.07. The van der Waals surface area contributed by atoms with Crippen molar-refractivity contribution in [3.63, 3.8) is 0 Å². The van der Waals surface area contributed by atoms with E-state index in [0.29, 0.717) is 15.8 Å². The SMILES string of the molecule is COc1cccc(Br)c1C(=O)Nc1ccc(-c2cccc3c2C=CCC3)cc1. The molecule has 0 radical (unpaired) electrons. The van der Waals surface area contributed by atoms with E-state index in [1.54, 1.807) is 13.2 Å². The van der Waals surface area contributed by atoms with E-state index >= 15 is 0 Å². The maximum absolute atomic E-state index is 12.7. The first kappa shape index (κ1) is 18.5. The lowest BCUT2D eigenvalue weighted by Crippen LogP contribution is -2.13. The number of nitrogens with one attached hydrogen (secondary N) is 1. The lowest BCUT2D eigenvalue weighted by Gasteiger charge is -2.15. The van der Waals surface area contributed by atoms with Crippen molar-refractivity contribution in [2.75, 3.05) is 12.4 Å². The van der Waals surface area contributed by atoms with Crippen molar-refractivity contribution >= 4 is 33.6 Å². The van der Waals surface area contributed by atoms with E-state index in [0.717, 1.165) is 24.1 Å². The molecular formula is C24H20BrNO2. The van der Waals surface area contributed by atoms with Crippen LogP contribution in [0.4, 0.5) is 5.69 Å². The smallest absolute Gasteiger partial charge is 0.260 e. The molecule has 28 heavy (non-hydrogen) atoms. The largest absolute Gasteiger partial charge is 0.496 e. The number of hydrogen-bond acceptors (Lipinski definition) is 2. The number of allylic oxidation sites excluding steroid dienone is 1. The summed E-state index contributed by atoms with van der Waals surface area (Å²) in [6.45, 7) is 0. The van der Waals surface area contributed by atoms with Crippen LogP contribution in [-0.4, -0.2) is 13.0 Å². The van der Waals surface area contributed by atoms with E-state index in [2.05, 4.69) is 51.6 Å². The van der Waals surface area contributed by atoms with E-state index in [1.807, 2.05) is 36.4 Å². The highest BCUT2D eigenvalue weighted by Gasteiger charge is 2.16. The van der Waals surface area contributed by atoms with Crippen LogP contribution >= 0.6 is 15.9 Å². The lowest BCUT2D eigenvalue weighted by molar-refractivity contribution is 0.102. The summed E-state index contributed by atoms with van der Waals surface area (Å²) in [5, 5.41) is 2.95. The number of rotatable bonds is 4. The van der Waals surface area contributed by atoms with Gasteiger partial charge in [-0.3, -0.25) is 4.79 Å². The molecule has 3 nitrogen and oxygen atoms in total. The predicted molar refractivity (Wildman–Crippen MR) is 118 cm³/mol. The Kier molecular flexibility index (Phi) is 5.31. The molecular weight excluding hydrogens is 414 g/mol. The fraction of sp³-hybridized carbons (Fsp3) is 0.125. The molecule has 1 aliphatic carbocycles. The Bertz CT molecular complexity index is 1050. The summed E-state index contributed by atoms with van der Waals surface area (Å²) in [5.74, 6) is 0.322. The van der Waals surface area contributed by atoms with Crippen molar-refractivity contribution in [1.82, 2.24) is 0 Å². The van der Waals surface area contributed by atoms with Gasteiger partial charge in [0.05, 0.1) is 12.7 Å². The maximum atomic E-state index is 12.7. The summed E-state index contributed by atoms with van der Waals surface area (Å²) < 4.78 is 6.02. The zero-order chi connectivity index (χ0) is 19.5. The lowest BCUT2D eigenvalue weighted by atomic mass is 9.90. The first-order valence-electron chi connectivity index (χ1n) is 9.20. The van der Waals surface area contributed by atoms with Crippen molar-refractivity contribution in [2.45, 2.75) is 12.8 Å². The minimum atomic E-state index is -0.211. The highest BCUT2D eigenvalue weighted by Crippen LogP contribution is 2.32. The molecule has 0 atom stereocenters. The average Bonchev–Trinajstić information content (AvgIpc) is 2.73. The molecule has 4 rings (SSSR count). The number of halogens is 1. The summed E-state index contributed by atoms with van der Waals surface area (Å²) in [6, 6.07) is 19.9. The number of fused-ring (bicyclic) bond motifs is 1. The summed E-state index contributed by atoms with van der Waals surface area (Å²) in [6.07, 6.45) is 6.62. The minimum Gasteiger partial charge on any atom is -0.496 e. The molecule has 1 aliphatic rings. The Morgan fingerprint density at radius 1 is 1.04 bits per heavy atom. The molecule has 0 spiro atoms. The zero-order valence-corrected chi connectivity index (χ0v) is 17.1. The highest BCUT2D eigenvalue weighted by atomic mass is 79.9. The third kappa shape index (κ3) is 3.60. The van der Waals surface area contributed by atoms with Crippen molar-refractivity contribution in [2.24, 2.45) is 0 Å². The molecule has 0 saturated carbocycles. The molecule has 0 bridgehead atoms. The third-order valence-electron chi connectivity index (χ3n) is 4.94. The number of ether oxygens (including phenoxy) is 1. The quantitative estimate of drug-likeness (QED) is 0.521. The van der Waals surface area contributed by atoms with E-state index in [-0.39, 0.29) is 5.91 Å². The monoisotopic (exact) mass is 433 g/mol. The topological polar surface area (TPSA) is 38.3 Å². The number of carbonyl (C=O) groups is 1. The normalized spacial score (nSPS) is 12.4. The second-order valence-electron chi connectivity index (χ2n) is 6.67. The number of methoxy groups -OCH3 is 1. The molecule has 0 heterocycles. The molecule has 1 N–H and O–H groups in total. The second-order valence-corrected chi connectivity index (χ2v) is 7.52. The Morgan fingerprint density at radius 2 is 1.82 bits per heavy atom. The van der Waals surface area contributed by atoms with Crippen LogP contribution in [-0.2, 0) is 6.42 Å². The van der Waals surface area contributed by atoms with Gasteiger partial charge >= 0.3 is 0 Å². The van der Waals surface area contributed by atoms with Gasteiger partial charge in [-0.05, 0) is 75.3 Å². The fourth-order valence-electron chi connectivity index (χ4n) is 3.54. The van der Waals surface area contributed by atoms with Crippen molar-refractivity contribution in [1.29, 1.82) is 0 Å². The van der Waals surface area contributed by atoms with Crippen LogP contribution in [0.5, 0.6) is 5.75 Å². The number of amides is 1. The maximum Gasteiger partial charge on any atom is 0.260 e. The molecule has 3 aromatic rings. The van der Waals surface area contributed by atoms with Gasteiger partial charge in [0.25, 0.3) is 5.91 Å². The average molecular weight is 434 g/mol. The predicted octanol–water partition coefficient (Wildman–Crippen LogP) is 6.34. The zero-order valence-electron chi connectivity index (χ0n) is 15.5. The molecule has 1 amide bonds. The van der Waals surface area contributed by atoms with Gasteiger partial charge in [0.2, 0.25) is 0 Å². The van der Waals surface area contributed by atoms with E-state index < -0.39 is 0 Å². The van der Waals surface area contributed by atoms with Crippen molar-refractivity contribution in [3.05, 3.63) is 87.9 Å². The highest BCUT2D eigenvalue weighted by molar-refractivity contribution is 9.10. The molecule has 0 fully saturated rings. The molecule has 0 aromatic heterocycles. The number of hydrogen-bond donors (Lipinski definition) is 1.